The number of anilines is 3. The Hall–Kier alpha value is -2.92. The maximum atomic E-state index is 9.35. The molecule has 3 N–H and O–H groups in total. The zero-order chi connectivity index (χ0) is 19.4. The van der Waals surface area contributed by atoms with Crippen LogP contribution in [-0.4, -0.2) is 27.7 Å². The number of nitrogens with zero attached hydrogens (tertiary/aromatic N) is 2. The first kappa shape index (κ1) is 18.9. The van der Waals surface area contributed by atoms with Gasteiger partial charge >= 0.3 is 0 Å². The van der Waals surface area contributed by atoms with Gasteiger partial charge in [0.05, 0.1) is 12.3 Å². The summed E-state index contributed by atoms with van der Waals surface area (Å²) in [6.07, 6.45) is 0. The molecule has 0 saturated carbocycles. The Morgan fingerprint density at radius 2 is 1.63 bits per heavy atom. The van der Waals surface area contributed by atoms with Gasteiger partial charge in [0.25, 0.3) is 0 Å². The number of aromatic nitrogens is 2. The van der Waals surface area contributed by atoms with Gasteiger partial charge in [-0.1, -0.05) is 48.0 Å². The molecule has 0 aliphatic carbocycles. The maximum Gasteiger partial charge on any atom is 0.225 e. The van der Waals surface area contributed by atoms with E-state index in [4.69, 9.17) is 0 Å². The van der Waals surface area contributed by atoms with E-state index >= 15 is 0 Å². The fourth-order valence-electron chi connectivity index (χ4n) is 3.10. The van der Waals surface area contributed by atoms with Crippen LogP contribution in [-0.2, 0) is 0 Å². The minimum atomic E-state index is -0.133. The van der Waals surface area contributed by atoms with E-state index in [9.17, 15) is 5.11 Å². The molecule has 3 aromatic rings. The molecule has 0 aliphatic heterocycles. The van der Waals surface area contributed by atoms with Gasteiger partial charge in [0.1, 0.15) is 5.82 Å². The van der Waals surface area contributed by atoms with Crippen molar-refractivity contribution in [3.05, 3.63) is 65.2 Å². The zero-order valence-electron chi connectivity index (χ0n) is 16.2. The maximum absolute atomic E-state index is 9.35. The SMILES string of the molecule is Cc1cc(C)c(Nc2cc(-c3ccccc3)nc(N[C@H](C)CO)n2)c(C)c1. The summed E-state index contributed by atoms with van der Waals surface area (Å²) in [6, 6.07) is 16.1. The Kier molecular flexibility index (Phi) is 5.72. The van der Waals surface area contributed by atoms with Crippen LogP contribution in [0.15, 0.2) is 48.5 Å². The number of nitrogens with one attached hydrogen (secondary N) is 2. The van der Waals surface area contributed by atoms with Gasteiger partial charge in [-0.3, -0.25) is 0 Å². The Morgan fingerprint density at radius 3 is 2.26 bits per heavy atom. The zero-order valence-corrected chi connectivity index (χ0v) is 16.2. The van der Waals surface area contributed by atoms with E-state index in [1.807, 2.05) is 43.3 Å². The van der Waals surface area contributed by atoms with Crippen LogP contribution in [0.5, 0.6) is 0 Å². The molecule has 0 fully saturated rings. The van der Waals surface area contributed by atoms with Crippen LogP contribution >= 0.6 is 0 Å². The van der Waals surface area contributed by atoms with Gasteiger partial charge in [-0.2, -0.15) is 4.98 Å². The summed E-state index contributed by atoms with van der Waals surface area (Å²) in [5.74, 6) is 1.20. The Morgan fingerprint density at radius 1 is 0.963 bits per heavy atom. The first-order valence-electron chi connectivity index (χ1n) is 9.13. The summed E-state index contributed by atoms with van der Waals surface area (Å²) < 4.78 is 0. The van der Waals surface area contributed by atoms with Crippen LogP contribution in [0.3, 0.4) is 0 Å². The number of hydrogen-bond acceptors (Lipinski definition) is 5. The standard InChI is InChI=1S/C22H26N4O/c1-14-10-15(2)21(16(3)11-14)25-20-12-19(18-8-6-5-7-9-18)24-22(26-20)23-17(4)13-27/h5-12,17,27H,13H2,1-4H3,(H2,23,24,25,26)/t17-/m1/s1. The third kappa shape index (κ3) is 4.63. The number of aliphatic hydroxyl groups is 1. The molecule has 0 bridgehead atoms. The van der Waals surface area contributed by atoms with Crippen LogP contribution in [0.4, 0.5) is 17.5 Å². The smallest absolute Gasteiger partial charge is 0.225 e. The van der Waals surface area contributed by atoms with Crippen molar-refractivity contribution >= 4 is 17.5 Å². The second-order valence-corrected chi connectivity index (χ2v) is 6.95. The molecule has 0 amide bonds. The van der Waals surface area contributed by atoms with Crippen LogP contribution in [0.1, 0.15) is 23.6 Å². The van der Waals surface area contributed by atoms with Crippen molar-refractivity contribution in [1.82, 2.24) is 9.97 Å². The van der Waals surface area contributed by atoms with E-state index in [1.165, 1.54) is 16.7 Å². The van der Waals surface area contributed by atoms with Crippen molar-refractivity contribution in [3.63, 3.8) is 0 Å². The van der Waals surface area contributed by atoms with Gasteiger partial charge in [-0.15, -0.1) is 0 Å². The Bertz CT molecular complexity index is 902. The van der Waals surface area contributed by atoms with Gasteiger partial charge in [0.2, 0.25) is 5.95 Å². The fraction of sp³-hybridized carbons (Fsp3) is 0.273. The van der Waals surface area contributed by atoms with Gasteiger partial charge in [-0.05, 0) is 38.8 Å². The largest absolute Gasteiger partial charge is 0.394 e. The number of aryl methyl sites for hydroxylation is 3. The minimum Gasteiger partial charge on any atom is -0.394 e. The topological polar surface area (TPSA) is 70.1 Å². The van der Waals surface area contributed by atoms with E-state index in [-0.39, 0.29) is 12.6 Å². The third-order valence-electron chi connectivity index (χ3n) is 4.38. The average Bonchev–Trinajstić information content (AvgIpc) is 2.65. The van der Waals surface area contributed by atoms with Crippen molar-refractivity contribution < 1.29 is 5.11 Å². The molecule has 5 nitrogen and oxygen atoms in total. The molecule has 140 valence electrons. The normalized spacial score (nSPS) is 11.9. The Labute approximate surface area is 160 Å². The van der Waals surface area contributed by atoms with Gasteiger partial charge in [-0.25, -0.2) is 4.98 Å². The summed E-state index contributed by atoms with van der Waals surface area (Å²) in [6.45, 7) is 8.18. The van der Waals surface area contributed by atoms with E-state index in [0.717, 1.165) is 16.9 Å². The summed E-state index contributed by atoms with van der Waals surface area (Å²) in [5.41, 5.74) is 6.47. The summed E-state index contributed by atoms with van der Waals surface area (Å²) in [5, 5.41) is 16.0. The highest BCUT2D eigenvalue weighted by atomic mass is 16.3. The van der Waals surface area contributed by atoms with E-state index < -0.39 is 0 Å². The van der Waals surface area contributed by atoms with Crippen LogP contribution in [0, 0.1) is 20.8 Å². The lowest BCUT2D eigenvalue weighted by Gasteiger charge is -2.16. The van der Waals surface area contributed by atoms with Crippen LogP contribution in [0.2, 0.25) is 0 Å². The first-order chi connectivity index (χ1) is 13.0. The number of aliphatic hydroxyl groups excluding tert-OH is 1. The Balaban J connectivity index is 2.02. The first-order valence-corrected chi connectivity index (χ1v) is 9.13. The molecule has 3 rings (SSSR count). The molecular weight excluding hydrogens is 336 g/mol. The molecule has 5 heteroatoms. The number of benzene rings is 2. The quantitative estimate of drug-likeness (QED) is 0.597. The molecular formula is C22H26N4O. The van der Waals surface area contributed by atoms with Gasteiger partial charge in [0.15, 0.2) is 0 Å². The molecule has 1 aromatic heterocycles. The second-order valence-electron chi connectivity index (χ2n) is 6.95. The molecule has 1 atom stereocenters. The van der Waals surface area contributed by atoms with Gasteiger partial charge < -0.3 is 15.7 Å². The molecule has 2 aromatic carbocycles. The molecule has 0 radical (unpaired) electrons. The second kappa shape index (κ2) is 8.18. The van der Waals surface area contributed by atoms with E-state index in [1.54, 1.807) is 0 Å². The fourth-order valence-corrected chi connectivity index (χ4v) is 3.10. The van der Waals surface area contributed by atoms with Gasteiger partial charge in [0, 0.05) is 23.4 Å². The molecule has 0 spiro atoms. The lowest BCUT2D eigenvalue weighted by Crippen LogP contribution is -2.21. The van der Waals surface area contributed by atoms with Crippen molar-refractivity contribution in [1.29, 1.82) is 0 Å². The lowest BCUT2D eigenvalue weighted by atomic mass is 10.1. The average molecular weight is 362 g/mol. The van der Waals surface area contributed by atoms with Crippen molar-refractivity contribution in [2.45, 2.75) is 33.7 Å². The predicted molar refractivity (Wildman–Crippen MR) is 112 cm³/mol. The lowest BCUT2D eigenvalue weighted by molar-refractivity contribution is 0.281. The molecule has 0 saturated heterocycles. The van der Waals surface area contributed by atoms with Crippen molar-refractivity contribution in [2.75, 3.05) is 17.2 Å². The number of rotatable bonds is 6. The molecule has 0 aliphatic rings. The number of hydrogen-bond donors (Lipinski definition) is 3. The summed E-state index contributed by atoms with van der Waals surface area (Å²) in [4.78, 5) is 9.22. The molecule has 27 heavy (non-hydrogen) atoms. The summed E-state index contributed by atoms with van der Waals surface area (Å²) >= 11 is 0. The van der Waals surface area contributed by atoms with E-state index in [2.05, 4.69) is 53.5 Å². The summed E-state index contributed by atoms with van der Waals surface area (Å²) in [7, 11) is 0. The third-order valence-corrected chi connectivity index (χ3v) is 4.38. The minimum absolute atomic E-state index is 0.0118. The van der Waals surface area contributed by atoms with Crippen molar-refractivity contribution in [2.24, 2.45) is 0 Å². The highest BCUT2D eigenvalue weighted by Gasteiger charge is 2.11. The predicted octanol–water partition coefficient (Wildman–Crippen LogP) is 4.61. The van der Waals surface area contributed by atoms with E-state index in [0.29, 0.717) is 11.8 Å². The highest BCUT2D eigenvalue weighted by Crippen LogP contribution is 2.28. The van der Waals surface area contributed by atoms with Crippen LogP contribution in [0.25, 0.3) is 11.3 Å². The molecule has 0 unspecified atom stereocenters. The highest BCUT2D eigenvalue weighted by molar-refractivity contribution is 5.70. The monoisotopic (exact) mass is 362 g/mol. The van der Waals surface area contributed by atoms with Crippen LogP contribution < -0.4 is 10.6 Å². The molecule has 1 heterocycles. The van der Waals surface area contributed by atoms with Crippen molar-refractivity contribution in [3.8, 4) is 11.3 Å².